The topological polar surface area (TPSA) is 46.2 Å². The lowest BCUT2D eigenvalue weighted by molar-refractivity contribution is -0.0130. The number of halogens is 1. The van der Waals surface area contributed by atoms with Gasteiger partial charge in [0.05, 0.1) is 6.10 Å². The first-order valence-electron chi connectivity index (χ1n) is 7.21. The lowest BCUT2D eigenvalue weighted by Gasteiger charge is -2.41. The molecule has 0 heterocycles. The van der Waals surface area contributed by atoms with Crippen LogP contribution < -0.4 is 5.73 Å². The fourth-order valence-electron chi connectivity index (χ4n) is 4.29. The molecule has 2 bridgehead atoms. The first kappa shape index (κ1) is 13.4. The van der Waals surface area contributed by atoms with Crippen LogP contribution in [-0.4, -0.2) is 11.7 Å². The lowest BCUT2D eigenvalue weighted by atomic mass is 9.67. The molecular weight excluding hydrogens is 258 g/mol. The second-order valence-corrected chi connectivity index (χ2v) is 6.84. The Kier molecular flexibility index (Phi) is 3.36. The maximum Gasteiger partial charge on any atom is 0.0861 e. The van der Waals surface area contributed by atoms with Crippen molar-refractivity contribution in [2.45, 2.75) is 38.7 Å². The minimum atomic E-state index is -0.481. The highest BCUT2D eigenvalue weighted by molar-refractivity contribution is 6.31. The van der Waals surface area contributed by atoms with Crippen molar-refractivity contribution < 1.29 is 5.11 Å². The van der Waals surface area contributed by atoms with Crippen molar-refractivity contribution in [3.8, 4) is 0 Å². The van der Waals surface area contributed by atoms with Gasteiger partial charge < -0.3 is 10.8 Å². The largest absolute Gasteiger partial charge is 0.388 e. The molecule has 0 aromatic heterocycles. The molecule has 0 amide bonds. The van der Waals surface area contributed by atoms with Crippen LogP contribution in [0.25, 0.3) is 0 Å². The van der Waals surface area contributed by atoms with E-state index in [0.29, 0.717) is 12.5 Å². The summed E-state index contributed by atoms with van der Waals surface area (Å²) in [4.78, 5) is 0. The zero-order valence-corrected chi connectivity index (χ0v) is 12.2. The molecule has 2 saturated carbocycles. The predicted octanol–water partition coefficient (Wildman–Crippen LogP) is 3.45. The van der Waals surface area contributed by atoms with Crippen molar-refractivity contribution in [1.29, 1.82) is 0 Å². The van der Waals surface area contributed by atoms with Crippen molar-refractivity contribution in [3.05, 3.63) is 34.3 Å². The van der Waals surface area contributed by atoms with Crippen LogP contribution in [0.5, 0.6) is 0 Å². The Hall–Kier alpha value is -0.570. The molecule has 3 rings (SSSR count). The number of nitrogens with two attached hydrogens (primary N) is 1. The molecule has 0 saturated heterocycles. The van der Waals surface area contributed by atoms with Crippen molar-refractivity contribution in [2.75, 3.05) is 6.54 Å². The molecule has 0 aliphatic heterocycles. The van der Waals surface area contributed by atoms with E-state index in [2.05, 4.69) is 0 Å². The first-order chi connectivity index (χ1) is 9.06. The highest BCUT2D eigenvalue weighted by Gasteiger charge is 2.54. The van der Waals surface area contributed by atoms with Crippen molar-refractivity contribution >= 4 is 11.6 Å². The van der Waals surface area contributed by atoms with Gasteiger partial charge in [-0.3, -0.25) is 0 Å². The van der Waals surface area contributed by atoms with Crippen molar-refractivity contribution in [3.63, 3.8) is 0 Å². The van der Waals surface area contributed by atoms with Crippen molar-refractivity contribution in [1.82, 2.24) is 0 Å². The molecule has 0 radical (unpaired) electrons. The van der Waals surface area contributed by atoms with Gasteiger partial charge in [0.1, 0.15) is 0 Å². The monoisotopic (exact) mass is 279 g/mol. The summed E-state index contributed by atoms with van der Waals surface area (Å²) in [5.41, 5.74) is 7.92. The van der Waals surface area contributed by atoms with E-state index in [1.165, 1.54) is 19.3 Å². The summed E-state index contributed by atoms with van der Waals surface area (Å²) < 4.78 is 0. The average molecular weight is 280 g/mol. The lowest BCUT2D eigenvalue weighted by Crippen LogP contribution is -2.41. The highest BCUT2D eigenvalue weighted by atomic mass is 35.5. The van der Waals surface area contributed by atoms with Gasteiger partial charge in [0.25, 0.3) is 0 Å². The van der Waals surface area contributed by atoms with Crippen LogP contribution in [0.4, 0.5) is 0 Å². The van der Waals surface area contributed by atoms with E-state index >= 15 is 0 Å². The highest BCUT2D eigenvalue weighted by Crippen LogP contribution is 2.60. The van der Waals surface area contributed by atoms with Gasteiger partial charge in [0.2, 0.25) is 0 Å². The van der Waals surface area contributed by atoms with Gasteiger partial charge in [-0.15, -0.1) is 0 Å². The Labute approximate surface area is 120 Å². The normalized spacial score (nSPS) is 34.7. The van der Waals surface area contributed by atoms with E-state index in [-0.39, 0.29) is 5.41 Å². The molecule has 2 aliphatic carbocycles. The van der Waals surface area contributed by atoms with Gasteiger partial charge in [-0.25, -0.2) is 0 Å². The summed E-state index contributed by atoms with van der Waals surface area (Å²) in [7, 11) is 0. The Morgan fingerprint density at radius 2 is 2.26 bits per heavy atom. The summed E-state index contributed by atoms with van der Waals surface area (Å²) in [5, 5.41) is 11.6. The Morgan fingerprint density at radius 3 is 2.79 bits per heavy atom. The number of rotatable bonds is 3. The number of aliphatic hydroxyl groups is 1. The molecule has 1 aromatic rings. The van der Waals surface area contributed by atoms with E-state index in [1.54, 1.807) is 0 Å². The summed E-state index contributed by atoms with van der Waals surface area (Å²) in [5.74, 6) is 1.35. The summed E-state index contributed by atoms with van der Waals surface area (Å²) in [6, 6.07) is 5.89. The SMILES string of the molecule is Cc1ccc(C(O)C2(CN)CC3CCC2C3)cc1Cl. The fraction of sp³-hybridized carbons (Fsp3) is 0.625. The molecule has 0 spiro atoms. The predicted molar refractivity (Wildman–Crippen MR) is 78.1 cm³/mol. The van der Waals surface area contributed by atoms with Crippen LogP contribution in [0.1, 0.15) is 42.9 Å². The second-order valence-electron chi connectivity index (χ2n) is 6.43. The van der Waals surface area contributed by atoms with Gasteiger partial charge >= 0.3 is 0 Å². The number of benzene rings is 1. The van der Waals surface area contributed by atoms with E-state index in [0.717, 1.165) is 28.5 Å². The average Bonchev–Trinajstić information content (AvgIpc) is 3.02. The van der Waals surface area contributed by atoms with Crippen LogP contribution in [0.3, 0.4) is 0 Å². The number of aryl methyl sites for hydroxylation is 1. The van der Waals surface area contributed by atoms with E-state index in [9.17, 15) is 5.11 Å². The summed E-state index contributed by atoms with van der Waals surface area (Å²) in [6.07, 6.45) is 4.37. The maximum atomic E-state index is 10.9. The molecule has 104 valence electrons. The third kappa shape index (κ3) is 2.01. The molecule has 4 unspecified atom stereocenters. The third-order valence-corrected chi connectivity index (χ3v) is 5.87. The Bertz CT molecular complexity index is 490. The zero-order chi connectivity index (χ0) is 13.6. The Morgan fingerprint density at radius 1 is 1.47 bits per heavy atom. The van der Waals surface area contributed by atoms with Gasteiger partial charge in [0, 0.05) is 17.0 Å². The quantitative estimate of drug-likeness (QED) is 0.890. The number of hydrogen-bond donors (Lipinski definition) is 2. The fourth-order valence-corrected chi connectivity index (χ4v) is 4.48. The van der Waals surface area contributed by atoms with E-state index < -0.39 is 6.10 Å². The minimum Gasteiger partial charge on any atom is -0.388 e. The summed E-state index contributed by atoms with van der Waals surface area (Å²) >= 11 is 6.19. The Balaban J connectivity index is 1.93. The molecule has 3 N–H and O–H groups in total. The van der Waals surface area contributed by atoms with Gasteiger partial charge in [-0.1, -0.05) is 30.2 Å². The number of aliphatic hydroxyl groups excluding tert-OH is 1. The van der Waals surface area contributed by atoms with Crippen LogP contribution in [-0.2, 0) is 0 Å². The molecule has 2 fully saturated rings. The van der Waals surface area contributed by atoms with Gasteiger partial charge in [-0.05, 0) is 55.2 Å². The molecule has 2 nitrogen and oxygen atoms in total. The first-order valence-corrected chi connectivity index (χ1v) is 7.59. The maximum absolute atomic E-state index is 10.9. The van der Waals surface area contributed by atoms with Gasteiger partial charge in [-0.2, -0.15) is 0 Å². The molecule has 1 aromatic carbocycles. The van der Waals surface area contributed by atoms with Crippen LogP contribution in [0, 0.1) is 24.2 Å². The smallest absolute Gasteiger partial charge is 0.0861 e. The van der Waals surface area contributed by atoms with E-state index in [1.807, 2.05) is 25.1 Å². The molecule has 2 aliphatic rings. The minimum absolute atomic E-state index is 0.124. The number of hydrogen-bond acceptors (Lipinski definition) is 2. The zero-order valence-electron chi connectivity index (χ0n) is 11.4. The number of fused-ring (bicyclic) bond motifs is 2. The standard InChI is InChI=1S/C16H22ClNO/c1-10-2-4-12(7-14(10)17)15(19)16(9-18)8-11-3-5-13(16)6-11/h2,4,7,11,13,15,19H,3,5-6,8-9,18H2,1H3. The molecule has 19 heavy (non-hydrogen) atoms. The molecular formula is C16H22ClNO. The van der Waals surface area contributed by atoms with E-state index in [4.69, 9.17) is 17.3 Å². The third-order valence-electron chi connectivity index (χ3n) is 5.46. The van der Waals surface area contributed by atoms with Crippen LogP contribution >= 0.6 is 11.6 Å². The molecule has 3 heteroatoms. The van der Waals surface area contributed by atoms with Crippen LogP contribution in [0.2, 0.25) is 5.02 Å². The summed E-state index contributed by atoms with van der Waals surface area (Å²) in [6.45, 7) is 2.55. The molecule has 4 atom stereocenters. The van der Waals surface area contributed by atoms with Gasteiger partial charge in [0.15, 0.2) is 0 Å². The van der Waals surface area contributed by atoms with Crippen molar-refractivity contribution in [2.24, 2.45) is 23.0 Å². The second kappa shape index (κ2) is 4.76. The van der Waals surface area contributed by atoms with Crippen LogP contribution in [0.15, 0.2) is 18.2 Å².